The third-order valence-corrected chi connectivity index (χ3v) is 6.28. The lowest BCUT2D eigenvalue weighted by Crippen LogP contribution is -2.46. The van der Waals surface area contributed by atoms with Crippen LogP contribution in [-0.2, 0) is 10.0 Å². The number of fused-ring (bicyclic) bond motifs is 1. The molecule has 1 N–H and O–H groups in total. The quantitative estimate of drug-likeness (QED) is 0.745. The summed E-state index contributed by atoms with van der Waals surface area (Å²) in [6, 6.07) is 13.8. The molecule has 8 heteroatoms. The predicted octanol–water partition coefficient (Wildman–Crippen LogP) is 1.92. The molecule has 3 heterocycles. The van der Waals surface area contributed by atoms with E-state index in [-0.39, 0.29) is 16.8 Å². The number of sulfonamides is 1. The van der Waals surface area contributed by atoms with Crippen molar-refractivity contribution < 1.29 is 13.2 Å². The summed E-state index contributed by atoms with van der Waals surface area (Å²) in [6.45, 7) is 0.989. The number of nitrogens with zero attached hydrogens (tertiary/aromatic N) is 3. The Hall–Kier alpha value is -2.71. The van der Waals surface area contributed by atoms with E-state index < -0.39 is 10.0 Å². The monoisotopic (exact) mass is 384 g/mol. The standard InChI is InChI=1S/C19H20N4O3S/c24-19(17-14-23-11-5-4-8-18(23)20-17)22-12-9-15(10-13-22)21-27(25,26)16-6-2-1-3-7-16/h1-8,11,14-15,21H,9-10,12-13H2. The average Bonchev–Trinajstić information content (AvgIpc) is 3.13. The zero-order valence-electron chi connectivity index (χ0n) is 14.7. The Bertz CT molecular complexity index is 1020. The molecule has 0 bridgehead atoms. The summed E-state index contributed by atoms with van der Waals surface area (Å²) in [5.74, 6) is -0.122. The number of carbonyl (C=O) groups is 1. The van der Waals surface area contributed by atoms with E-state index in [2.05, 4.69) is 9.71 Å². The van der Waals surface area contributed by atoms with Crippen molar-refractivity contribution in [1.29, 1.82) is 0 Å². The Labute approximate surface area is 157 Å². The number of likely N-dealkylation sites (tertiary alicyclic amines) is 1. The van der Waals surface area contributed by atoms with Gasteiger partial charge >= 0.3 is 0 Å². The molecule has 0 unspecified atom stereocenters. The molecule has 0 atom stereocenters. The van der Waals surface area contributed by atoms with Gasteiger partial charge in [0.05, 0.1) is 4.90 Å². The number of nitrogens with one attached hydrogen (secondary N) is 1. The number of amides is 1. The van der Waals surface area contributed by atoms with Crippen molar-refractivity contribution in [3.63, 3.8) is 0 Å². The SMILES string of the molecule is O=C(c1cn2ccccc2n1)N1CCC(NS(=O)(=O)c2ccccc2)CC1. The maximum absolute atomic E-state index is 12.7. The van der Waals surface area contributed by atoms with Gasteiger partial charge in [-0.15, -0.1) is 0 Å². The molecule has 1 aromatic carbocycles. The van der Waals surface area contributed by atoms with E-state index in [0.717, 1.165) is 5.65 Å². The highest BCUT2D eigenvalue weighted by Gasteiger charge is 2.28. The van der Waals surface area contributed by atoms with Gasteiger partial charge in [-0.3, -0.25) is 4.79 Å². The number of hydrogen-bond donors (Lipinski definition) is 1. The van der Waals surface area contributed by atoms with Crippen LogP contribution < -0.4 is 4.72 Å². The second kappa shape index (κ2) is 7.13. The molecule has 0 radical (unpaired) electrons. The van der Waals surface area contributed by atoms with E-state index in [1.54, 1.807) is 41.4 Å². The third kappa shape index (κ3) is 3.72. The van der Waals surface area contributed by atoms with Crippen LogP contribution in [0.25, 0.3) is 5.65 Å². The number of aromatic nitrogens is 2. The van der Waals surface area contributed by atoms with Crippen LogP contribution in [-0.4, -0.2) is 47.7 Å². The van der Waals surface area contributed by atoms with Crippen molar-refractivity contribution in [1.82, 2.24) is 19.0 Å². The average molecular weight is 384 g/mol. The summed E-state index contributed by atoms with van der Waals surface area (Å²) in [5.41, 5.74) is 1.14. The molecule has 0 spiro atoms. The molecule has 140 valence electrons. The number of rotatable bonds is 4. The van der Waals surface area contributed by atoms with Crippen LogP contribution in [0.3, 0.4) is 0 Å². The van der Waals surface area contributed by atoms with Crippen molar-refractivity contribution in [2.24, 2.45) is 0 Å². The maximum Gasteiger partial charge on any atom is 0.274 e. The Balaban J connectivity index is 1.39. The van der Waals surface area contributed by atoms with Gasteiger partial charge in [0.25, 0.3) is 5.91 Å². The van der Waals surface area contributed by atoms with Crippen LogP contribution in [0.5, 0.6) is 0 Å². The van der Waals surface area contributed by atoms with E-state index in [1.165, 1.54) is 0 Å². The first kappa shape index (κ1) is 17.7. The van der Waals surface area contributed by atoms with Gasteiger partial charge in [0.15, 0.2) is 0 Å². The number of hydrogen-bond acceptors (Lipinski definition) is 4. The minimum atomic E-state index is -3.54. The summed E-state index contributed by atoms with van der Waals surface area (Å²) >= 11 is 0. The van der Waals surface area contributed by atoms with Crippen molar-refractivity contribution in [3.05, 3.63) is 66.6 Å². The van der Waals surface area contributed by atoms with Crippen molar-refractivity contribution in [3.8, 4) is 0 Å². The molecule has 0 saturated carbocycles. The van der Waals surface area contributed by atoms with Crippen LogP contribution in [0.15, 0.2) is 65.8 Å². The van der Waals surface area contributed by atoms with Gasteiger partial charge in [0.2, 0.25) is 10.0 Å². The van der Waals surface area contributed by atoms with Gasteiger partial charge in [-0.25, -0.2) is 18.1 Å². The van der Waals surface area contributed by atoms with E-state index in [1.807, 2.05) is 28.8 Å². The van der Waals surface area contributed by atoms with E-state index in [9.17, 15) is 13.2 Å². The van der Waals surface area contributed by atoms with Crippen LogP contribution >= 0.6 is 0 Å². The third-order valence-electron chi connectivity index (χ3n) is 4.74. The molecule has 1 aliphatic rings. The molecule has 0 aliphatic carbocycles. The summed E-state index contributed by atoms with van der Waals surface area (Å²) in [7, 11) is -3.54. The molecule has 1 amide bonds. The lowest BCUT2D eigenvalue weighted by molar-refractivity contribution is 0.0706. The first-order valence-corrected chi connectivity index (χ1v) is 10.3. The largest absolute Gasteiger partial charge is 0.337 e. The highest BCUT2D eigenvalue weighted by molar-refractivity contribution is 7.89. The lowest BCUT2D eigenvalue weighted by atomic mass is 10.1. The molecule has 7 nitrogen and oxygen atoms in total. The summed E-state index contributed by atoms with van der Waals surface area (Å²) in [6.07, 6.45) is 4.72. The van der Waals surface area contributed by atoms with Gasteiger partial charge in [-0.1, -0.05) is 24.3 Å². The fourth-order valence-electron chi connectivity index (χ4n) is 3.29. The molecule has 3 aromatic rings. The van der Waals surface area contributed by atoms with E-state index >= 15 is 0 Å². The molecular weight excluding hydrogens is 364 g/mol. The normalized spacial score (nSPS) is 15.9. The Morgan fingerprint density at radius 2 is 1.74 bits per heavy atom. The van der Waals surface area contributed by atoms with E-state index in [4.69, 9.17) is 0 Å². The molecule has 27 heavy (non-hydrogen) atoms. The second-order valence-electron chi connectivity index (χ2n) is 6.59. The number of piperidine rings is 1. The summed E-state index contributed by atoms with van der Waals surface area (Å²) in [5, 5.41) is 0. The maximum atomic E-state index is 12.7. The molecule has 1 saturated heterocycles. The second-order valence-corrected chi connectivity index (χ2v) is 8.31. The summed E-state index contributed by atoms with van der Waals surface area (Å²) < 4.78 is 29.4. The Kier molecular flexibility index (Phi) is 4.67. The Morgan fingerprint density at radius 1 is 1.04 bits per heavy atom. The smallest absolute Gasteiger partial charge is 0.274 e. The van der Waals surface area contributed by atoms with E-state index in [0.29, 0.717) is 31.6 Å². The first-order chi connectivity index (χ1) is 13.0. The fourth-order valence-corrected chi connectivity index (χ4v) is 4.61. The number of imidazole rings is 1. The molecule has 1 aliphatic heterocycles. The highest BCUT2D eigenvalue weighted by atomic mass is 32.2. The Morgan fingerprint density at radius 3 is 2.44 bits per heavy atom. The number of carbonyl (C=O) groups excluding carboxylic acids is 1. The topological polar surface area (TPSA) is 83.8 Å². The molecule has 2 aromatic heterocycles. The van der Waals surface area contributed by atoms with Crippen molar-refractivity contribution >= 4 is 21.6 Å². The minimum absolute atomic E-state index is 0.122. The van der Waals surface area contributed by atoms with Crippen LogP contribution in [0, 0.1) is 0 Å². The van der Waals surface area contributed by atoms with Gasteiger partial charge in [0, 0.05) is 31.5 Å². The van der Waals surface area contributed by atoms with Gasteiger partial charge in [-0.05, 0) is 37.1 Å². The van der Waals surface area contributed by atoms with Crippen molar-refractivity contribution in [2.75, 3.05) is 13.1 Å². The van der Waals surface area contributed by atoms with Crippen molar-refractivity contribution in [2.45, 2.75) is 23.8 Å². The van der Waals surface area contributed by atoms with Gasteiger partial charge in [-0.2, -0.15) is 0 Å². The first-order valence-electron chi connectivity index (χ1n) is 8.83. The minimum Gasteiger partial charge on any atom is -0.337 e. The highest BCUT2D eigenvalue weighted by Crippen LogP contribution is 2.17. The van der Waals surface area contributed by atoms with Crippen LogP contribution in [0.2, 0.25) is 0 Å². The molecule has 4 rings (SSSR count). The molecular formula is C19H20N4O3S. The van der Waals surface area contributed by atoms with Gasteiger partial charge < -0.3 is 9.30 Å². The zero-order valence-corrected chi connectivity index (χ0v) is 15.5. The lowest BCUT2D eigenvalue weighted by Gasteiger charge is -2.31. The predicted molar refractivity (Wildman–Crippen MR) is 101 cm³/mol. The molecule has 1 fully saturated rings. The van der Waals surface area contributed by atoms with Crippen LogP contribution in [0.4, 0.5) is 0 Å². The number of pyridine rings is 1. The van der Waals surface area contributed by atoms with Crippen LogP contribution in [0.1, 0.15) is 23.3 Å². The zero-order chi connectivity index (χ0) is 18.9. The fraction of sp³-hybridized carbons (Fsp3) is 0.263. The van der Waals surface area contributed by atoms with Gasteiger partial charge in [0.1, 0.15) is 11.3 Å². The number of benzene rings is 1. The summed E-state index contributed by atoms with van der Waals surface area (Å²) in [4.78, 5) is 19.0.